The Morgan fingerprint density at radius 2 is 2.33 bits per heavy atom. The van der Waals surface area contributed by atoms with Crippen LogP contribution in [0.3, 0.4) is 0 Å². The number of hydrogen-bond acceptors (Lipinski definition) is 3. The van der Waals surface area contributed by atoms with Crippen molar-refractivity contribution in [1.82, 2.24) is 10.2 Å². The molecule has 1 atom stereocenters. The summed E-state index contributed by atoms with van der Waals surface area (Å²) < 4.78 is 13.1. The van der Waals surface area contributed by atoms with Crippen molar-refractivity contribution in [2.24, 2.45) is 0 Å². The quantitative estimate of drug-likeness (QED) is 0.871. The Kier molecular flexibility index (Phi) is 5.61. The van der Waals surface area contributed by atoms with Crippen molar-refractivity contribution in [1.29, 1.82) is 0 Å². The zero-order valence-electron chi connectivity index (χ0n) is 12.0. The van der Waals surface area contributed by atoms with Crippen molar-refractivity contribution >= 4 is 23.6 Å². The number of carbonyl (C=O) groups is 2. The van der Waals surface area contributed by atoms with Crippen LogP contribution >= 0.6 is 11.8 Å². The van der Waals surface area contributed by atoms with Crippen molar-refractivity contribution in [3.8, 4) is 0 Å². The molecule has 2 amide bonds. The van der Waals surface area contributed by atoms with Gasteiger partial charge in [0, 0.05) is 31.7 Å². The van der Waals surface area contributed by atoms with Gasteiger partial charge < -0.3 is 10.2 Å². The van der Waals surface area contributed by atoms with Crippen LogP contribution in [0.2, 0.25) is 0 Å². The number of nitrogens with zero attached hydrogens (tertiary/aromatic N) is 1. The minimum absolute atomic E-state index is 0.00516. The Hall–Kier alpha value is -1.56. The molecule has 1 N–H and O–H groups in total. The Morgan fingerprint density at radius 3 is 3.05 bits per heavy atom. The fourth-order valence-electron chi connectivity index (χ4n) is 2.37. The van der Waals surface area contributed by atoms with Gasteiger partial charge in [-0.15, -0.1) is 0 Å². The van der Waals surface area contributed by atoms with E-state index < -0.39 is 0 Å². The molecule has 1 aromatic rings. The maximum absolute atomic E-state index is 13.1. The molecule has 6 heteroatoms. The van der Waals surface area contributed by atoms with Crippen LogP contribution < -0.4 is 5.32 Å². The summed E-state index contributed by atoms with van der Waals surface area (Å²) in [5, 5.41) is 2.88. The number of likely N-dealkylation sites (tertiary alicyclic amines) is 1. The predicted octanol–water partition coefficient (Wildman–Crippen LogP) is 1.80. The van der Waals surface area contributed by atoms with Gasteiger partial charge >= 0.3 is 0 Å². The molecule has 0 saturated carbocycles. The second kappa shape index (κ2) is 7.45. The van der Waals surface area contributed by atoms with Gasteiger partial charge in [0.2, 0.25) is 11.8 Å². The molecule has 0 bridgehead atoms. The molecule has 0 aliphatic carbocycles. The molecule has 0 unspecified atom stereocenters. The van der Waals surface area contributed by atoms with Gasteiger partial charge in [-0.05, 0) is 24.0 Å². The van der Waals surface area contributed by atoms with Crippen LogP contribution in [0.15, 0.2) is 24.3 Å². The average Bonchev–Trinajstić information content (AvgIpc) is 2.76. The number of rotatable bonds is 6. The first-order valence-corrected chi connectivity index (χ1v) is 8.28. The third kappa shape index (κ3) is 4.74. The maximum atomic E-state index is 13.1. The second-order valence-electron chi connectivity index (χ2n) is 5.12. The molecule has 1 saturated heterocycles. The van der Waals surface area contributed by atoms with Gasteiger partial charge in [0.05, 0.1) is 6.04 Å². The van der Waals surface area contributed by atoms with E-state index >= 15 is 0 Å². The lowest BCUT2D eigenvalue weighted by molar-refractivity contribution is -0.128. The highest BCUT2D eigenvalue weighted by molar-refractivity contribution is 7.98. The summed E-state index contributed by atoms with van der Waals surface area (Å²) in [7, 11) is 0. The van der Waals surface area contributed by atoms with Gasteiger partial charge in [-0.3, -0.25) is 9.59 Å². The number of thioether (sulfide) groups is 1. The van der Waals surface area contributed by atoms with E-state index in [1.807, 2.05) is 6.26 Å². The number of nitrogens with one attached hydrogen (secondary N) is 1. The van der Waals surface area contributed by atoms with Crippen molar-refractivity contribution in [3.63, 3.8) is 0 Å². The predicted molar refractivity (Wildman–Crippen MR) is 81.4 cm³/mol. The number of benzene rings is 1. The molecule has 2 rings (SSSR count). The molecule has 1 aliphatic heterocycles. The van der Waals surface area contributed by atoms with Gasteiger partial charge in [-0.2, -0.15) is 11.8 Å². The summed E-state index contributed by atoms with van der Waals surface area (Å²) in [5.41, 5.74) is 0.762. The third-order valence-electron chi connectivity index (χ3n) is 3.38. The van der Waals surface area contributed by atoms with Crippen LogP contribution in [0.5, 0.6) is 0 Å². The van der Waals surface area contributed by atoms with E-state index in [2.05, 4.69) is 5.32 Å². The van der Waals surface area contributed by atoms with Crippen LogP contribution in [0.4, 0.5) is 4.39 Å². The number of carbonyl (C=O) groups excluding carboxylic acids is 2. The molecule has 0 radical (unpaired) electrons. The van der Waals surface area contributed by atoms with Gasteiger partial charge in [-0.1, -0.05) is 12.1 Å². The normalized spacial score (nSPS) is 18.1. The lowest BCUT2D eigenvalue weighted by Gasteiger charge is -2.17. The Morgan fingerprint density at radius 1 is 1.52 bits per heavy atom. The lowest BCUT2D eigenvalue weighted by Crippen LogP contribution is -2.37. The van der Waals surface area contributed by atoms with Crippen molar-refractivity contribution in [3.05, 3.63) is 35.6 Å². The van der Waals surface area contributed by atoms with Crippen molar-refractivity contribution in [2.45, 2.75) is 25.4 Å². The highest BCUT2D eigenvalue weighted by Crippen LogP contribution is 2.16. The van der Waals surface area contributed by atoms with Crippen LogP contribution in [0.1, 0.15) is 18.4 Å². The maximum Gasteiger partial charge on any atom is 0.225 e. The monoisotopic (exact) mass is 310 g/mol. The molecule has 1 heterocycles. The van der Waals surface area contributed by atoms with E-state index in [1.165, 1.54) is 12.1 Å². The van der Waals surface area contributed by atoms with E-state index in [0.29, 0.717) is 25.9 Å². The summed E-state index contributed by atoms with van der Waals surface area (Å²) in [4.78, 5) is 25.3. The van der Waals surface area contributed by atoms with Crippen molar-refractivity contribution < 1.29 is 14.0 Å². The van der Waals surface area contributed by atoms with Gasteiger partial charge in [0.25, 0.3) is 0 Å². The third-order valence-corrected chi connectivity index (χ3v) is 3.99. The average molecular weight is 310 g/mol. The van der Waals surface area contributed by atoms with Crippen LogP contribution in [-0.2, 0) is 16.1 Å². The SMILES string of the molecule is CSCCC(=O)N[C@H]1CC(=O)N(Cc2cccc(F)c2)C1. The van der Waals surface area contributed by atoms with Gasteiger partial charge in [0.1, 0.15) is 5.82 Å². The highest BCUT2D eigenvalue weighted by Gasteiger charge is 2.30. The van der Waals surface area contributed by atoms with Gasteiger partial charge in [-0.25, -0.2) is 4.39 Å². The topological polar surface area (TPSA) is 49.4 Å². The number of hydrogen-bond donors (Lipinski definition) is 1. The van der Waals surface area contributed by atoms with Gasteiger partial charge in [0.15, 0.2) is 0 Å². The summed E-state index contributed by atoms with van der Waals surface area (Å²) in [6.07, 6.45) is 2.74. The standard InChI is InChI=1S/C15H19FN2O2S/c1-21-6-5-14(19)17-13-8-15(20)18(10-13)9-11-3-2-4-12(16)7-11/h2-4,7,13H,5-6,8-10H2,1H3,(H,17,19)/t13-/m0/s1. The highest BCUT2D eigenvalue weighted by atomic mass is 32.2. The molecule has 114 valence electrons. The Labute approximate surface area is 128 Å². The smallest absolute Gasteiger partial charge is 0.225 e. The minimum Gasteiger partial charge on any atom is -0.351 e. The summed E-state index contributed by atoms with van der Waals surface area (Å²) in [5.74, 6) is 0.449. The molecule has 4 nitrogen and oxygen atoms in total. The molecule has 0 spiro atoms. The minimum atomic E-state index is -0.305. The molecule has 0 aromatic heterocycles. The fourth-order valence-corrected chi connectivity index (χ4v) is 2.76. The second-order valence-corrected chi connectivity index (χ2v) is 6.10. The van der Waals surface area contributed by atoms with Crippen LogP contribution in [-0.4, -0.2) is 41.3 Å². The molecule has 21 heavy (non-hydrogen) atoms. The zero-order valence-corrected chi connectivity index (χ0v) is 12.8. The van der Waals surface area contributed by atoms with E-state index in [4.69, 9.17) is 0 Å². The fraction of sp³-hybridized carbons (Fsp3) is 0.467. The molecule has 1 aromatic carbocycles. The van der Waals surface area contributed by atoms with E-state index in [9.17, 15) is 14.0 Å². The molecule has 1 aliphatic rings. The number of amides is 2. The zero-order chi connectivity index (χ0) is 15.2. The largest absolute Gasteiger partial charge is 0.351 e. The van der Waals surface area contributed by atoms with Crippen LogP contribution in [0, 0.1) is 5.82 Å². The Balaban J connectivity index is 1.86. The first-order valence-electron chi connectivity index (χ1n) is 6.89. The Bertz CT molecular complexity index is 524. The summed E-state index contributed by atoms with van der Waals surface area (Å²) in [6.45, 7) is 0.869. The summed E-state index contributed by atoms with van der Waals surface area (Å²) >= 11 is 1.62. The lowest BCUT2D eigenvalue weighted by atomic mass is 10.2. The van der Waals surface area contributed by atoms with E-state index in [0.717, 1.165) is 11.3 Å². The van der Waals surface area contributed by atoms with Crippen molar-refractivity contribution in [2.75, 3.05) is 18.6 Å². The number of halogens is 1. The van der Waals surface area contributed by atoms with E-state index in [-0.39, 0.29) is 23.7 Å². The first-order chi connectivity index (χ1) is 10.1. The molecular weight excluding hydrogens is 291 g/mol. The first kappa shape index (κ1) is 15.8. The van der Waals surface area contributed by atoms with E-state index in [1.54, 1.807) is 28.8 Å². The summed E-state index contributed by atoms with van der Waals surface area (Å²) in [6, 6.07) is 6.09. The molecule has 1 fully saturated rings. The molecular formula is C15H19FN2O2S. The van der Waals surface area contributed by atoms with Crippen LogP contribution in [0.25, 0.3) is 0 Å².